The van der Waals surface area contributed by atoms with Crippen LogP contribution in [-0.4, -0.2) is 14.9 Å². The van der Waals surface area contributed by atoms with Crippen molar-refractivity contribution in [3.05, 3.63) is 65.7 Å². The minimum Gasteiger partial charge on any atom is -0.335 e. The third-order valence-corrected chi connectivity index (χ3v) is 4.20. The summed E-state index contributed by atoms with van der Waals surface area (Å²) in [4.78, 5) is 0. The van der Waals surface area contributed by atoms with Crippen LogP contribution in [0.2, 0.25) is 0 Å². The maximum Gasteiger partial charge on any atom is 0.210 e. The predicted octanol–water partition coefficient (Wildman–Crippen LogP) is 3.26. The zero-order valence-corrected chi connectivity index (χ0v) is 12.5. The molecule has 1 aromatic heterocycles. The Morgan fingerprint density at radius 1 is 1.00 bits per heavy atom. The Kier molecular flexibility index (Phi) is 3.92. The van der Waals surface area contributed by atoms with Gasteiger partial charge in [-0.3, -0.25) is 0 Å². The largest absolute Gasteiger partial charge is 0.335 e. The van der Waals surface area contributed by atoms with Gasteiger partial charge in [-0.05, 0) is 12.5 Å². The van der Waals surface area contributed by atoms with Crippen molar-refractivity contribution in [3.63, 3.8) is 0 Å². The lowest BCUT2D eigenvalue weighted by Gasteiger charge is -2.04. The summed E-state index contributed by atoms with van der Waals surface area (Å²) in [7, 11) is 0. The number of hydrogen-bond donors (Lipinski definition) is 1. The molecule has 0 radical (unpaired) electrons. The Bertz CT molecular complexity index is 720. The molecule has 0 unspecified atom stereocenters. The Morgan fingerprint density at radius 2 is 1.71 bits per heavy atom. The van der Waals surface area contributed by atoms with E-state index in [2.05, 4.69) is 29.3 Å². The van der Waals surface area contributed by atoms with Crippen molar-refractivity contribution >= 4 is 11.8 Å². The smallest absolute Gasteiger partial charge is 0.210 e. The van der Waals surface area contributed by atoms with Crippen LogP contribution in [0.15, 0.2) is 59.8 Å². The van der Waals surface area contributed by atoms with Gasteiger partial charge < -0.3 is 5.84 Å². The molecule has 0 amide bonds. The molecule has 0 saturated carbocycles. The van der Waals surface area contributed by atoms with Crippen molar-refractivity contribution in [2.75, 3.05) is 5.84 Å². The highest BCUT2D eigenvalue weighted by atomic mass is 32.2. The average molecular weight is 296 g/mol. The average Bonchev–Trinajstić information content (AvgIpc) is 2.88. The van der Waals surface area contributed by atoms with Crippen LogP contribution >= 0.6 is 11.8 Å². The van der Waals surface area contributed by atoms with Crippen molar-refractivity contribution in [1.29, 1.82) is 0 Å². The van der Waals surface area contributed by atoms with Gasteiger partial charge in [0.15, 0.2) is 5.82 Å². The fourth-order valence-corrected chi connectivity index (χ4v) is 2.81. The van der Waals surface area contributed by atoms with Crippen LogP contribution in [0.5, 0.6) is 0 Å². The molecule has 0 saturated heterocycles. The van der Waals surface area contributed by atoms with Crippen LogP contribution in [0, 0.1) is 6.92 Å². The molecular formula is C16H16N4S. The van der Waals surface area contributed by atoms with Crippen molar-refractivity contribution in [2.45, 2.75) is 17.8 Å². The second-order valence-corrected chi connectivity index (χ2v) is 5.76. The molecule has 0 atom stereocenters. The highest BCUT2D eigenvalue weighted by Gasteiger charge is 2.11. The Hall–Kier alpha value is -2.27. The number of aryl methyl sites for hydroxylation is 1. The first-order chi connectivity index (χ1) is 10.2. The maximum atomic E-state index is 6.11. The summed E-state index contributed by atoms with van der Waals surface area (Å²) in [6.45, 7) is 2.05. The first-order valence-corrected chi connectivity index (χ1v) is 7.67. The Labute approximate surface area is 128 Å². The zero-order valence-electron chi connectivity index (χ0n) is 11.7. The Balaban J connectivity index is 1.78. The number of hydrogen-bond acceptors (Lipinski definition) is 4. The van der Waals surface area contributed by atoms with Gasteiger partial charge in [-0.25, -0.2) is 4.68 Å². The third-order valence-electron chi connectivity index (χ3n) is 3.19. The van der Waals surface area contributed by atoms with Crippen LogP contribution in [0.3, 0.4) is 0 Å². The second kappa shape index (κ2) is 6.01. The number of nitrogens with zero attached hydrogens (tertiary/aromatic N) is 3. The van der Waals surface area contributed by atoms with Crippen molar-refractivity contribution < 1.29 is 0 Å². The highest BCUT2D eigenvalue weighted by molar-refractivity contribution is 7.98. The van der Waals surface area contributed by atoms with E-state index < -0.39 is 0 Å². The standard InChI is InChI=1S/C16H16N4S/c1-12-7-9-14(10-8-12)15-18-19-16(20(15)17)21-11-13-5-3-2-4-6-13/h2-10H,11,17H2,1H3. The number of nitrogens with two attached hydrogens (primary N) is 1. The topological polar surface area (TPSA) is 56.7 Å². The van der Waals surface area contributed by atoms with Crippen LogP contribution in [-0.2, 0) is 5.75 Å². The zero-order chi connectivity index (χ0) is 14.7. The fraction of sp³-hybridized carbons (Fsp3) is 0.125. The minimum absolute atomic E-state index is 0.686. The molecule has 106 valence electrons. The van der Waals surface area contributed by atoms with E-state index in [1.807, 2.05) is 42.5 Å². The monoisotopic (exact) mass is 296 g/mol. The Morgan fingerprint density at radius 3 is 2.43 bits per heavy atom. The lowest BCUT2D eigenvalue weighted by Crippen LogP contribution is -2.11. The molecule has 4 nitrogen and oxygen atoms in total. The first-order valence-electron chi connectivity index (χ1n) is 6.68. The number of benzene rings is 2. The van der Waals surface area contributed by atoms with Gasteiger partial charge in [0, 0.05) is 11.3 Å². The summed E-state index contributed by atoms with van der Waals surface area (Å²) in [6.07, 6.45) is 0. The molecule has 21 heavy (non-hydrogen) atoms. The molecule has 3 aromatic rings. The third kappa shape index (κ3) is 3.08. The second-order valence-electron chi connectivity index (χ2n) is 4.82. The van der Waals surface area contributed by atoms with Gasteiger partial charge in [-0.2, -0.15) is 0 Å². The lowest BCUT2D eigenvalue weighted by molar-refractivity contribution is 0.849. The van der Waals surface area contributed by atoms with Crippen LogP contribution in [0.25, 0.3) is 11.4 Å². The van der Waals surface area contributed by atoms with Gasteiger partial charge in [-0.15, -0.1) is 10.2 Å². The molecule has 0 aliphatic carbocycles. The highest BCUT2D eigenvalue weighted by Crippen LogP contribution is 2.24. The van der Waals surface area contributed by atoms with Crippen molar-refractivity contribution in [3.8, 4) is 11.4 Å². The van der Waals surface area contributed by atoms with Gasteiger partial charge in [0.2, 0.25) is 5.16 Å². The molecule has 0 spiro atoms. The molecule has 5 heteroatoms. The van der Waals surface area contributed by atoms with Gasteiger partial charge in [-0.1, -0.05) is 71.9 Å². The van der Waals surface area contributed by atoms with E-state index in [-0.39, 0.29) is 0 Å². The summed E-state index contributed by atoms with van der Waals surface area (Å²) < 4.78 is 1.55. The SMILES string of the molecule is Cc1ccc(-c2nnc(SCc3ccccc3)n2N)cc1. The summed E-state index contributed by atoms with van der Waals surface area (Å²) in [5, 5.41) is 9.09. The summed E-state index contributed by atoms with van der Waals surface area (Å²) in [6, 6.07) is 18.3. The van der Waals surface area contributed by atoms with Crippen molar-refractivity contribution in [1.82, 2.24) is 14.9 Å². The number of nitrogen functional groups attached to an aromatic ring is 1. The first kappa shape index (κ1) is 13.7. The van der Waals surface area contributed by atoms with Gasteiger partial charge >= 0.3 is 0 Å². The van der Waals surface area contributed by atoms with Crippen molar-refractivity contribution in [2.24, 2.45) is 0 Å². The van der Waals surface area contributed by atoms with Crippen LogP contribution < -0.4 is 5.84 Å². The molecule has 1 heterocycles. The van der Waals surface area contributed by atoms with E-state index in [1.165, 1.54) is 11.1 Å². The summed E-state index contributed by atoms with van der Waals surface area (Å²) >= 11 is 1.58. The molecule has 0 bridgehead atoms. The molecule has 0 aliphatic heterocycles. The number of rotatable bonds is 4. The van der Waals surface area contributed by atoms with E-state index >= 15 is 0 Å². The molecule has 2 N–H and O–H groups in total. The van der Waals surface area contributed by atoms with E-state index in [0.29, 0.717) is 5.82 Å². The van der Waals surface area contributed by atoms with Gasteiger partial charge in [0.1, 0.15) is 0 Å². The molecule has 0 fully saturated rings. The molecule has 2 aromatic carbocycles. The van der Waals surface area contributed by atoms with Crippen LogP contribution in [0.4, 0.5) is 0 Å². The maximum absolute atomic E-state index is 6.11. The van der Waals surface area contributed by atoms with Gasteiger partial charge in [0.05, 0.1) is 0 Å². The summed E-state index contributed by atoms with van der Waals surface area (Å²) in [5.41, 5.74) is 3.42. The summed E-state index contributed by atoms with van der Waals surface area (Å²) in [5.74, 6) is 7.62. The molecule has 3 rings (SSSR count). The van der Waals surface area contributed by atoms with Crippen LogP contribution in [0.1, 0.15) is 11.1 Å². The van der Waals surface area contributed by atoms with E-state index in [1.54, 1.807) is 16.4 Å². The quantitative estimate of drug-likeness (QED) is 0.593. The van der Waals surface area contributed by atoms with Gasteiger partial charge in [0.25, 0.3) is 0 Å². The minimum atomic E-state index is 0.686. The van der Waals surface area contributed by atoms with E-state index in [0.717, 1.165) is 16.5 Å². The van der Waals surface area contributed by atoms with E-state index in [4.69, 9.17) is 5.84 Å². The number of aromatic nitrogens is 3. The van der Waals surface area contributed by atoms with E-state index in [9.17, 15) is 0 Å². The normalized spacial score (nSPS) is 10.7. The molecule has 0 aliphatic rings. The lowest BCUT2D eigenvalue weighted by atomic mass is 10.1. The number of thioether (sulfide) groups is 1. The molecular weight excluding hydrogens is 280 g/mol. The fourth-order valence-electron chi connectivity index (χ4n) is 2.00. The predicted molar refractivity (Wildman–Crippen MR) is 86.3 cm³/mol.